The predicted molar refractivity (Wildman–Crippen MR) is 66.5 cm³/mol. The first-order valence-corrected chi connectivity index (χ1v) is 6.41. The molecule has 0 bridgehead atoms. The van der Waals surface area contributed by atoms with Crippen LogP contribution < -0.4 is 4.90 Å². The molecule has 1 saturated heterocycles. The van der Waals surface area contributed by atoms with Crippen molar-refractivity contribution in [2.45, 2.75) is 19.3 Å². The van der Waals surface area contributed by atoms with E-state index in [9.17, 15) is 22.4 Å². The third-order valence-corrected chi connectivity index (χ3v) is 3.23. The van der Waals surface area contributed by atoms with Crippen molar-refractivity contribution in [3.8, 4) is 0 Å². The molecule has 1 atom stereocenters. The van der Waals surface area contributed by atoms with Gasteiger partial charge in [0.15, 0.2) is 0 Å². The maximum atomic E-state index is 13.7. The van der Waals surface area contributed by atoms with E-state index in [1.165, 1.54) is 6.07 Å². The van der Waals surface area contributed by atoms with E-state index in [1.54, 1.807) is 11.8 Å². The van der Waals surface area contributed by atoms with Gasteiger partial charge in [0, 0.05) is 30.9 Å². The number of carbonyl (C=O) groups excluding carboxylic acids is 1. The number of nitrogens with zero attached hydrogens (tertiary/aromatic N) is 2. The highest BCUT2D eigenvalue weighted by atomic mass is 19.4. The Hall–Kier alpha value is -1.86. The topological polar surface area (TPSA) is 42.4 Å². The summed E-state index contributed by atoms with van der Waals surface area (Å²) >= 11 is 0. The largest absolute Gasteiger partial charge is 0.464 e. The second kappa shape index (κ2) is 5.87. The normalized spacial score (nSPS) is 17.3. The number of hydrogen-bond acceptors (Lipinski definition) is 4. The van der Waals surface area contributed by atoms with Crippen molar-refractivity contribution >= 4 is 11.7 Å². The van der Waals surface area contributed by atoms with Gasteiger partial charge in [0.05, 0.1) is 6.61 Å². The molecule has 1 unspecified atom stereocenters. The molecule has 1 fully saturated rings. The lowest BCUT2D eigenvalue weighted by molar-refractivity contribution is -0.151. The smallest absolute Gasteiger partial charge is 0.433 e. The summed E-state index contributed by atoms with van der Waals surface area (Å²) in [6.45, 7) is 2.00. The molecule has 0 aliphatic carbocycles. The van der Waals surface area contributed by atoms with Gasteiger partial charge >= 0.3 is 12.1 Å². The van der Waals surface area contributed by atoms with Crippen molar-refractivity contribution < 1.29 is 27.1 Å². The van der Waals surface area contributed by atoms with Crippen LogP contribution in [0.3, 0.4) is 0 Å². The number of rotatable bonds is 4. The van der Waals surface area contributed by atoms with Crippen molar-refractivity contribution in [3.63, 3.8) is 0 Å². The van der Waals surface area contributed by atoms with E-state index in [2.05, 4.69) is 9.72 Å². The van der Waals surface area contributed by atoms with E-state index in [4.69, 9.17) is 0 Å². The Bertz CT molecular complexity index is 515. The highest BCUT2D eigenvalue weighted by Crippen LogP contribution is 2.33. The average molecular weight is 306 g/mol. The Balaban J connectivity index is 1.97. The second-order valence-electron chi connectivity index (χ2n) is 4.72. The molecular weight excluding hydrogens is 292 g/mol. The third kappa shape index (κ3) is 3.43. The zero-order valence-corrected chi connectivity index (χ0v) is 11.2. The maximum absolute atomic E-state index is 13.7. The van der Waals surface area contributed by atoms with Crippen molar-refractivity contribution in [3.05, 3.63) is 24.0 Å². The van der Waals surface area contributed by atoms with Crippen LogP contribution >= 0.6 is 0 Å². The minimum Gasteiger partial charge on any atom is -0.464 e. The molecule has 0 saturated carbocycles. The average Bonchev–Trinajstić information content (AvgIpc) is 2.36. The molecule has 2 heterocycles. The monoisotopic (exact) mass is 306 g/mol. The Labute approximate surface area is 118 Å². The Kier molecular flexibility index (Phi) is 4.34. The van der Waals surface area contributed by atoms with Gasteiger partial charge in [-0.15, -0.1) is 0 Å². The molecule has 1 aromatic rings. The zero-order chi connectivity index (χ0) is 15.6. The number of aromatic nitrogens is 1. The fraction of sp³-hybridized carbons (Fsp3) is 0.538. The lowest BCUT2D eigenvalue weighted by Gasteiger charge is -2.41. The van der Waals surface area contributed by atoms with E-state index in [-0.39, 0.29) is 19.7 Å². The molecule has 21 heavy (non-hydrogen) atoms. The minimum atomic E-state index is -4.52. The molecule has 1 aliphatic rings. The fourth-order valence-corrected chi connectivity index (χ4v) is 2.09. The first kappa shape index (κ1) is 15.5. The van der Waals surface area contributed by atoms with Gasteiger partial charge in [-0.05, 0) is 19.1 Å². The summed E-state index contributed by atoms with van der Waals surface area (Å²) in [5.41, 5.74) is -0.685. The van der Waals surface area contributed by atoms with Gasteiger partial charge < -0.3 is 9.64 Å². The summed E-state index contributed by atoms with van der Waals surface area (Å²) in [5, 5.41) is 0. The fourth-order valence-electron chi connectivity index (χ4n) is 2.09. The molecule has 0 spiro atoms. The maximum Gasteiger partial charge on any atom is 0.433 e. The Morgan fingerprint density at radius 2 is 2.19 bits per heavy atom. The zero-order valence-electron chi connectivity index (χ0n) is 11.2. The van der Waals surface area contributed by atoms with Crippen LogP contribution in [0.2, 0.25) is 0 Å². The van der Waals surface area contributed by atoms with Crippen LogP contribution in [0.25, 0.3) is 0 Å². The van der Waals surface area contributed by atoms with Gasteiger partial charge in [0.25, 0.3) is 0 Å². The highest BCUT2D eigenvalue weighted by molar-refractivity contribution is 5.75. The number of ether oxygens (including phenoxy) is 1. The van der Waals surface area contributed by atoms with Crippen LogP contribution in [0.15, 0.2) is 18.3 Å². The van der Waals surface area contributed by atoms with E-state index in [1.807, 2.05) is 0 Å². The van der Waals surface area contributed by atoms with Crippen LogP contribution in [0, 0.1) is 5.92 Å². The van der Waals surface area contributed by atoms with Crippen molar-refractivity contribution in [1.29, 1.82) is 0 Å². The number of anilines is 1. The minimum absolute atomic E-state index is 0.0922. The molecule has 116 valence electrons. The predicted octanol–water partition coefficient (Wildman–Crippen LogP) is 2.44. The first-order chi connectivity index (χ1) is 9.82. The molecular formula is C13H14F4N2O2. The molecule has 2 rings (SSSR count). The van der Waals surface area contributed by atoms with Crippen molar-refractivity contribution in [2.75, 3.05) is 24.6 Å². The standard InChI is InChI=1S/C13H14F4N2O2/c1-2-21-12(20)11(14)8-6-19(7-8)9-3-4-18-10(5-9)13(15,16)17/h3-5,8,11H,2,6-7H2,1H3. The number of halogens is 4. The number of carbonyl (C=O) groups is 1. The second-order valence-corrected chi connectivity index (χ2v) is 4.72. The molecule has 1 aromatic heterocycles. The quantitative estimate of drug-likeness (QED) is 0.633. The summed E-state index contributed by atoms with van der Waals surface area (Å²) in [5.74, 6) is -1.49. The highest BCUT2D eigenvalue weighted by Gasteiger charge is 2.39. The third-order valence-electron chi connectivity index (χ3n) is 3.23. The molecule has 8 heteroatoms. The number of esters is 1. The molecule has 0 aromatic carbocycles. The number of pyridine rings is 1. The molecule has 1 aliphatic heterocycles. The number of alkyl halides is 4. The van der Waals surface area contributed by atoms with E-state index in [0.29, 0.717) is 5.69 Å². The lowest BCUT2D eigenvalue weighted by atomic mass is 9.94. The molecule has 4 nitrogen and oxygen atoms in total. The van der Waals surface area contributed by atoms with Gasteiger partial charge in [0.2, 0.25) is 6.17 Å². The van der Waals surface area contributed by atoms with Gasteiger partial charge in [-0.1, -0.05) is 0 Å². The van der Waals surface area contributed by atoms with Gasteiger partial charge in [0.1, 0.15) is 5.69 Å². The van der Waals surface area contributed by atoms with Crippen LogP contribution in [0.4, 0.5) is 23.2 Å². The first-order valence-electron chi connectivity index (χ1n) is 6.41. The van der Waals surface area contributed by atoms with Gasteiger partial charge in [-0.25, -0.2) is 9.18 Å². The Morgan fingerprint density at radius 3 is 2.76 bits per heavy atom. The van der Waals surface area contributed by atoms with Crippen LogP contribution in [-0.2, 0) is 15.7 Å². The van der Waals surface area contributed by atoms with Gasteiger partial charge in [-0.2, -0.15) is 13.2 Å². The van der Waals surface area contributed by atoms with Crippen molar-refractivity contribution in [2.24, 2.45) is 5.92 Å². The SMILES string of the molecule is CCOC(=O)C(F)C1CN(c2ccnc(C(F)(F)F)c2)C1. The van der Waals surface area contributed by atoms with Crippen molar-refractivity contribution in [1.82, 2.24) is 4.98 Å². The lowest BCUT2D eigenvalue weighted by Crippen LogP contribution is -2.53. The summed E-state index contributed by atoms with van der Waals surface area (Å²) in [6.07, 6.45) is -5.21. The summed E-state index contributed by atoms with van der Waals surface area (Å²) < 4.78 is 55.9. The summed E-state index contributed by atoms with van der Waals surface area (Å²) in [4.78, 5) is 16.1. The van der Waals surface area contributed by atoms with Crippen LogP contribution in [0.5, 0.6) is 0 Å². The van der Waals surface area contributed by atoms with E-state index in [0.717, 1.165) is 12.3 Å². The van der Waals surface area contributed by atoms with Crippen LogP contribution in [0.1, 0.15) is 12.6 Å². The summed E-state index contributed by atoms with van der Waals surface area (Å²) in [7, 11) is 0. The number of hydrogen-bond donors (Lipinski definition) is 0. The molecule has 0 N–H and O–H groups in total. The summed E-state index contributed by atoms with van der Waals surface area (Å²) in [6, 6.07) is 2.33. The Morgan fingerprint density at radius 1 is 1.52 bits per heavy atom. The molecule has 0 radical (unpaired) electrons. The van der Waals surface area contributed by atoms with Gasteiger partial charge in [-0.3, -0.25) is 4.98 Å². The van der Waals surface area contributed by atoms with E-state index >= 15 is 0 Å². The van der Waals surface area contributed by atoms with Crippen LogP contribution in [-0.4, -0.2) is 36.8 Å². The molecule has 0 amide bonds. The van der Waals surface area contributed by atoms with E-state index < -0.39 is 29.9 Å².